The lowest BCUT2D eigenvalue weighted by Crippen LogP contribution is -2.09. The minimum absolute atomic E-state index is 0.273. The molecule has 2 rings (SSSR count). The van der Waals surface area contributed by atoms with Gasteiger partial charge in [-0.25, -0.2) is 5.10 Å². The van der Waals surface area contributed by atoms with Gasteiger partial charge in [-0.05, 0) is 24.6 Å². The third kappa shape index (κ3) is 2.27. The Morgan fingerprint density at radius 2 is 2.18 bits per heavy atom. The van der Waals surface area contributed by atoms with E-state index < -0.39 is 0 Å². The maximum atomic E-state index is 11.1. The highest BCUT2D eigenvalue weighted by Crippen LogP contribution is 2.26. The molecule has 2 aromatic rings. The quantitative estimate of drug-likeness (QED) is 0.876. The molecule has 5 heteroatoms. The van der Waals surface area contributed by atoms with Gasteiger partial charge in [0.15, 0.2) is 0 Å². The smallest absolute Gasteiger partial charge is 0.265 e. The van der Waals surface area contributed by atoms with Gasteiger partial charge in [0.1, 0.15) is 11.8 Å². The molecule has 0 aliphatic heterocycles. The normalized spacial score (nSPS) is 9.94. The van der Waals surface area contributed by atoms with Gasteiger partial charge in [-0.2, -0.15) is 10.4 Å². The van der Waals surface area contributed by atoms with E-state index in [1.807, 2.05) is 31.2 Å². The molecule has 0 saturated carbocycles. The number of nitrogens with one attached hydrogen (secondary N) is 1. The fourth-order valence-corrected chi connectivity index (χ4v) is 1.90. The van der Waals surface area contributed by atoms with Gasteiger partial charge in [0.2, 0.25) is 0 Å². The summed E-state index contributed by atoms with van der Waals surface area (Å²) in [5.41, 5.74) is 2.20. The number of rotatable bonds is 1. The van der Waals surface area contributed by atoms with Crippen LogP contribution in [0.4, 0.5) is 0 Å². The van der Waals surface area contributed by atoms with Crippen molar-refractivity contribution in [2.75, 3.05) is 0 Å². The molecule has 0 radical (unpaired) electrons. The molecular weight excluding hydrogens is 282 g/mol. The summed E-state index contributed by atoms with van der Waals surface area (Å²) in [5, 5.41) is 15.3. The van der Waals surface area contributed by atoms with E-state index in [4.69, 9.17) is 5.26 Å². The zero-order chi connectivity index (χ0) is 12.4. The van der Waals surface area contributed by atoms with Crippen LogP contribution in [0.1, 0.15) is 11.1 Å². The van der Waals surface area contributed by atoms with Crippen LogP contribution in [0.25, 0.3) is 11.3 Å². The number of aromatic nitrogens is 2. The Morgan fingerprint density at radius 3 is 2.88 bits per heavy atom. The van der Waals surface area contributed by atoms with E-state index in [0.717, 1.165) is 15.6 Å². The second kappa shape index (κ2) is 4.52. The van der Waals surface area contributed by atoms with E-state index in [9.17, 15) is 4.79 Å². The van der Waals surface area contributed by atoms with Gasteiger partial charge in [-0.15, -0.1) is 0 Å². The van der Waals surface area contributed by atoms with Crippen molar-refractivity contribution < 1.29 is 0 Å². The van der Waals surface area contributed by atoms with Crippen molar-refractivity contribution in [1.82, 2.24) is 10.2 Å². The average molecular weight is 290 g/mol. The fraction of sp³-hybridized carbons (Fsp3) is 0.0833. The number of aryl methyl sites for hydroxylation is 1. The molecule has 0 amide bonds. The molecule has 0 unspecified atom stereocenters. The molecule has 0 fully saturated rings. The van der Waals surface area contributed by atoms with Crippen LogP contribution < -0.4 is 5.56 Å². The first kappa shape index (κ1) is 11.6. The van der Waals surface area contributed by atoms with Crippen LogP contribution >= 0.6 is 15.9 Å². The van der Waals surface area contributed by atoms with Gasteiger partial charge in [-0.1, -0.05) is 22.0 Å². The van der Waals surface area contributed by atoms with Crippen molar-refractivity contribution in [2.45, 2.75) is 6.92 Å². The fourth-order valence-electron chi connectivity index (χ4n) is 1.54. The third-order valence-corrected chi connectivity index (χ3v) is 2.88. The Balaban J connectivity index is 2.73. The van der Waals surface area contributed by atoms with Gasteiger partial charge < -0.3 is 0 Å². The lowest BCUT2D eigenvalue weighted by atomic mass is 10.0. The Morgan fingerprint density at radius 1 is 1.41 bits per heavy atom. The first-order valence-electron chi connectivity index (χ1n) is 4.88. The van der Waals surface area contributed by atoms with Crippen LogP contribution in [-0.2, 0) is 0 Å². The number of hydrogen-bond donors (Lipinski definition) is 1. The molecule has 1 aromatic heterocycles. The van der Waals surface area contributed by atoms with Gasteiger partial charge in [0, 0.05) is 16.1 Å². The van der Waals surface area contributed by atoms with Crippen molar-refractivity contribution in [3.63, 3.8) is 0 Å². The van der Waals surface area contributed by atoms with Gasteiger partial charge in [-0.3, -0.25) is 4.79 Å². The summed E-state index contributed by atoms with van der Waals surface area (Å²) in [6, 6.07) is 8.95. The average Bonchev–Trinajstić information content (AvgIpc) is 2.32. The summed E-state index contributed by atoms with van der Waals surface area (Å²) < 4.78 is 0.898. The molecule has 0 aliphatic carbocycles. The molecule has 0 spiro atoms. The van der Waals surface area contributed by atoms with Crippen LogP contribution in [0.5, 0.6) is 0 Å². The number of halogens is 1. The Labute approximate surface area is 106 Å². The van der Waals surface area contributed by atoms with E-state index >= 15 is 0 Å². The van der Waals surface area contributed by atoms with Gasteiger partial charge in [0.25, 0.3) is 5.56 Å². The Kier molecular flexibility index (Phi) is 3.07. The molecule has 0 bridgehead atoms. The highest BCUT2D eigenvalue weighted by Gasteiger charge is 2.10. The molecule has 4 nitrogen and oxygen atoms in total. The summed E-state index contributed by atoms with van der Waals surface area (Å²) in [7, 11) is 0. The van der Waals surface area contributed by atoms with E-state index in [-0.39, 0.29) is 11.1 Å². The minimum Gasteiger partial charge on any atom is -0.268 e. The predicted octanol–water partition coefficient (Wildman–Crippen LogP) is 2.38. The number of hydrogen-bond acceptors (Lipinski definition) is 3. The van der Waals surface area contributed by atoms with Crippen LogP contribution in [0, 0.1) is 18.3 Å². The Bertz CT molecular complexity index is 670. The number of nitriles is 1. The third-order valence-electron chi connectivity index (χ3n) is 2.38. The number of benzene rings is 1. The van der Waals surface area contributed by atoms with E-state index in [0.29, 0.717) is 5.69 Å². The summed E-state index contributed by atoms with van der Waals surface area (Å²) in [6.45, 7) is 1.93. The number of nitrogens with zero attached hydrogens (tertiary/aromatic N) is 2. The second-order valence-electron chi connectivity index (χ2n) is 3.57. The van der Waals surface area contributed by atoms with Crippen molar-refractivity contribution >= 4 is 15.9 Å². The second-order valence-corrected chi connectivity index (χ2v) is 4.48. The largest absolute Gasteiger partial charge is 0.268 e. The minimum atomic E-state index is -0.377. The molecule has 1 heterocycles. The van der Waals surface area contributed by atoms with Crippen molar-refractivity contribution in [2.24, 2.45) is 0 Å². The standard InChI is InChI=1S/C12H8BrN3O/c1-7-2-3-9(13)5-10(7)12-8(6-14)4-11(17)15-16-12/h2-5H,1H3,(H,15,17). The topological polar surface area (TPSA) is 69.5 Å². The summed E-state index contributed by atoms with van der Waals surface area (Å²) in [5.74, 6) is 0. The predicted molar refractivity (Wildman–Crippen MR) is 67.4 cm³/mol. The molecule has 0 saturated heterocycles. The van der Waals surface area contributed by atoms with E-state index in [2.05, 4.69) is 26.1 Å². The Hall–Kier alpha value is -1.93. The monoisotopic (exact) mass is 289 g/mol. The molecule has 0 atom stereocenters. The van der Waals surface area contributed by atoms with Crippen molar-refractivity contribution in [3.8, 4) is 17.3 Å². The van der Waals surface area contributed by atoms with Crippen molar-refractivity contribution in [1.29, 1.82) is 5.26 Å². The zero-order valence-corrected chi connectivity index (χ0v) is 10.6. The van der Waals surface area contributed by atoms with Crippen LogP contribution in [0.3, 0.4) is 0 Å². The molecule has 84 valence electrons. The first-order valence-corrected chi connectivity index (χ1v) is 5.67. The number of aromatic amines is 1. The highest BCUT2D eigenvalue weighted by molar-refractivity contribution is 9.10. The molecule has 17 heavy (non-hydrogen) atoms. The van der Waals surface area contributed by atoms with E-state index in [1.165, 1.54) is 6.07 Å². The number of H-pyrrole nitrogens is 1. The maximum absolute atomic E-state index is 11.1. The summed E-state index contributed by atoms with van der Waals surface area (Å²) in [6.07, 6.45) is 0. The lowest BCUT2D eigenvalue weighted by Gasteiger charge is -2.06. The lowest BCUT2D eigenvalue weighted by molar-refractivity contribution is 0.988. The zero-order valence-electron chi connectivity index (χ0n) is 8.99. The van der Waals surface area contributed by atoms with Crippen LogP contribution in [-0.4, -0.2) is 10.2 Å². The SMILES string of the molecule is Cc1ccc(Br)cc1-c1n[nH]c(=O)cc1C#N. The highest BCUT2D eigenvalue weighted by atomic mass is 79.9. The molecule has 1 N–H and O–H groups in total. The summed E-state index contributed by atoms with van der Waals surface area (Å²) >= 11 is 3.37. The molecule has 1 aromatic carbocycles. The van der Waals surface area contributed by atoms with Crippen LogP contribution in [0.15, 0.2) is 33.5 Å². The van der Waals surface area contributed by atoms with Gasteiger partial charge >= 0.3 is 0 Å². The van der Waals surface area contributed by atoms with E-state index in [1.54, 1.807) is 0 Å². The molecule has 0 aliphatic rings. The first-order chi connectivity index (χ1) is 8.11. The van der Waals surface area contributed by atoms with Gasteiger partial charge in [0.05, 0.1) is 5.56 Å². The van der Waals surface area contributed by atoms with Crippen molar-refractivity contribution in [3.05, 3.63) is 50.2 Å². The molecular formula is C12H8BrN3O. The van der Waals surface area contributed by atoms with Crippen LogP contribution in [0.2, 0.25) is 0 Å². The maximum Gasteiger partial charge on any atom is 0.265 e. The summed E-state index contributed by atoms with van der Waals surface area (Å²) in [4.78, 5) is 11.1.